The third kappa shape index (κ3) is 1.99. The molecule has 2 rings (SSSR count). The molecule has 1 saturated heterocycles. The topological polar surface area (TPSA) is 42.4 Å². The van der Waals surface area contributed by atoms with Gasteiger partial charge in [0.15, 0.2) is 6.29 Å². The number of rotatable bonds is 3. The summed E-state index contributed by atoms with van der Waals surface area (Å²) in [5.74, 6) is 0.770. The molecule has 0 bridgehead atoms. The Morgan fingerprint density at radius 3 is 3.20 bits per heavy atom. The molecule has 0 radical (unpaired) electrons. The highest BCUT2D eigenvalue weighted by Gasteiger charge is 2.24. The monoisotopic (exact) mass is 206 g/mol. The first kappa shape index (κ1) is 10.1. The van der Waals surface area contributed by atoms with Gasteiger partial charge in [-0.05, 0) is 18.6 Å². The van der Waals surface area contributed by atoms with Gasteiger partial charge in [0.25, 0.3) is 0 Å². The van der Waals surface area contributed by atoms with Crippen LogP contribution in [0.5, 0.6) is 0 Å². The number of hydrogen-bond acceptors (Lipinski definition) is 4. The molecule has 1 aliphatic rings. The van der Waals surface area contributed by atoms with E-state index in [9.17, 15) is 4.79 Å². The van der Waals surface area contributed by atoms with Gasteiger partial charge >= 0.3 is 0 Å². The van der Waals surface area contributed by atoms with Crippen LogP contribution >= 0.6 is 0 Å². The van der Waals surface area contributed by atoms with Crippen LogP contribution in [-0.4, -0.2) is 37.6 Å². The quantitative estimate of drug-likeness (QED) is 0.695. The lowest BCUT2D eigenvalue weighted by Gasteiger charge is -2.18. The van der Waals surface area contributed by atoms with Crippen LogP contribution in [-0.2, 0) is 4.74 Å². The minimum Gasteiger partial charge on any atom is -0.380 e. The average molecular weight is 206 g/mol. The van der Waals surface area contributed by atoms with E-state index in [1.54, 1.807) is 25.4 Å². The molecule has 15 heavy (non-hydrogen) atoms. The number of aromatic nitrogens is 1. The summed E-state index contributed by atoms with van der Waals surface area (Å²) >= 11 is 0. The van der Waals surface area contributed by atoms with Crippen molar-refractivity contribution in [3.8, 4) is 0 Å². The number of carbonyl (C=O) groups excluding carboxylic acids is 1. The smallest absolute Gasteiger partial charge is 0.153 e. The maximum atomic E-state index is 10.8. The van der Waals surface area contributed by atoms with E-state index < -0.39 is 0 Å². The van der Waals surface area contributed by atoms with Crippen LogP contribution in [0.1, 0.15) is 16.8 Å². The Kier molecular flexibility index (Phi) is 2.97. The Bertz CT molecular complexity index is 354. The largest absolute Gasteiger partial charge is 0.380 e. The lowest BCUT2D eigenvalue weighted by molar-refractivity contribution is 0.112. The van der Waals surface area contributed by atoms with Crippen molar-refractivity contribution in [3.63, 3.8) is 0 Å². The molecule has 1 unspecified atom stereocenters. The van der Waals surface area contributed by atoms with Gasteiger partial charge in [0.2, 0.25) is 0 Å². The second kappa shape index (κ2) is 4.40. The molecule has 0 spiro atoms. The molecule has 0 N–H and O–H groups in total. The summed E-state index contributed by atoms with van der Waals surface area (Å²) < 4.78 is 5.28. The second-order valence-electron chi connectivity index (χ2n) is 3.63. The van der Waals surface area contributed by atoms with E-state index in [1.165, 1.54) is 0 Å². The maximum absolute atomic E-state index is 10.8. The van der Waals surface area contributed by atoms with E-state index in [1.807, 2.05) is 0 Å². The van der Waals surface area contributed by atoms with Crippen molar-refractivity contribution in [1.29, 1.82) is 0 Å². The van der Waals surface area contributed by atoms with Crippen LogP contribution in [0.25, 0.3) is 0 Å². The Morgan fingerprint density at radius 1 is 1.67 bits per heavy atom. The Morgan fingerprint density at radius 2 is 2.53 bits per heavy atom. The molecule has 2 heterocycles. The molecule has 1 aliphatic heterocycles. The number of ether oxygens (including phenoxy) is 1. The first-order valence-corrected chi connectivity index (χ1v) is 5.03. The highest BCUT2D eigenvalue weighted by Crippen LogP contribution is 2.21. The average Bonchev–Trinajstić information content (AvgIpc) is 2.77. The van der Waals surface area contributed by atoms with Crippen LogP contribution in [0.3, 0.4) is 0 Å². The number of pyridine rings is 1. The normalized spacial score (nSPS) is 20.6. The first-order chi connectivity index (χ1) is 7.35. The van der Waals surface area contributed by atoms with Crippen LogP contribution in [0.2, 0.25) is 0 Å². The molecule has 0 aromatic carbocycles. The SMILES string of the molecule is COC1CCN(c2ncccc2C=O)C1. The predicted molar refractivity (Wildman–Crippen MR) is 57.3 cm³/mol. The summed E-state index contributed by atoms with van der Waals surface area (Å²) in [7, 11) is 1.72. The highest BCUT2D eigenvalue weighted by atomic mass is 16.5. The summed E-state index contributed by atoms with van der Waals surface area (Å²) in [6.45, 7) is 1.71. The lowest BCUT2D eigenvalue weighted by Crippen LogP contribution is -2.24. The zero-order valence-electron chi connectivity index (χ0n) is 8.72. The van der Waals surface area contributed by atoms with Gasteiger partial charge in [-0.25, -0.2) is 4.98 Å². The van der Waals surface area contributed by atoms with Gasteiger partial charge in [-0.15, -0.1) is 0 Å². The van der Waals surface area contributed by atoms with Gasteiger partial charge in [-0.2, -0.15) is 0 Å². The lowest BCUT2D eigenvalue weighted by atomic mass is 10.2. The Labute approximate surface area is 88.9 Å². The van der Waals surface area contributed by atoms with Crippen LogP contribution in [0.4, 0.5) is 5.82 Å². The van der Waals surface area contributed by atoms with Gasteiger partial charge in [-0.1, -0.05) is 0 Å². The van der Waals surface area contributed by atoms with E-state index in [4.69, 9.17) is 4.74 Å². The predicted octanol–water partition coefficient (Wildman–Crippen LogP) is 1.12. The summed E-state index contributed by atoms with van der Waals surface area (Å²) in [6, 6.07) is 3.56. The molecule has 0 amide bonds. The van der Waals surface area contributed by atoms with Crippen molar-refractivity contribution in [2.45, 2.75) is 12.5 Å². The third-order valence-electron chi connectivity index (χ3n) is 2.72. The summed E-state index contributed by atoms with van der Waals surface area (Å²) in [5, 5.41) is 0. The van der Waals surface area contributed by atoms with E-state index in [0.717, 1.165) is 31.6 Å². The van der Waals surface area contributed by atoms with Crippen molar-refractivity contribution in [3.05, 3.63) is 23.9 Å². The van der Waals surface area contributed by atoms with Crippen LogP contribution in [0, 0.1) is 0 Å². The summed E-state index contributed by atoms with van der Waals surface area (Å²) in [6.07, 6.45) is 3.81. The van der Waals surface area contributed by atoms with Gasteiger partial charge in [-0.3, -0.25) is 4.79 Å². The molecular formula is C11H14N2O2. The minimum absolute atomic E-state index is 0.256. The maximum Gasteiger partial charge on any atom is 0.153 e. The molecule has 1 aromatic rings. The fourth-order valence-electron chi connectivity index (χ4n) is 1.88. The zero-order valence-corrected chi connectivity index (χ0v) is 8.72. The van der Waals surface area contributed by atoms with Gasteiger partial charge in [0.1, 0.15) is 5.82 Å². The van der Waals surface area contributed by atoms with Crippen molar-refractivity contribution < 1.29 is 9.53 Å². The first-order valence-electron chi connectivity index (χ1n) is 5.03. The van der Waals surface area contributed by atoms with E-state index in [2.05, 4.69) is 9.88 Å². The summed E-state index contributed by atoms with van der Waals surface area (Å²) in [5.41, 5.74) is 0.647. The van der Waals surface area contributed by atoms with E-state index in [-0.39, 0.29) is 6.10 Å². The molecule has 80 valence electrons. The van der Waals surface area contributed by atoms with E-state index >= 15 is 0 Å². The fraction of sp³-hybridized carbons (Fsp3) is 0.455. The molecule has 1 atom stereocenters. The van der Waals surface area contributed by atoms with Crippen molar-refractivity contribution in [2.24, 2.45) is 0 Å². The summed E-state index contributed by atoms with van der Waals surface area (Å²) in [4.78, 5) is 17.2. The fourth-order valence-corrected chi connectivity index (χ4v) is 1.88. The van der Waals surface area contributed by atoms with Crippen molar-refractivity contribution >= 4 is 12.1 Å². The number of anilines is 1. The molecule has 1 fully saturated rings. The van der Waals surface area contributed by atoms with Gasteiger partial charge < -0.3 is 9.64 Å². The van der Waals surface area contributed by atoms with Crippen LogP contribution in [0.15, 0.2) is 18.3 Å². The Balaban J connectivity index is 2.19. The number of nitrogens with zero attached hydrogens (tertiary/aromatic N) is 2. The number of aldehydes is 1. The number of methoxy groups -OCH3 is 1. The molecule has 4 heteroatoms. The molecule has 0 aliphatic carbocycles. The zero-order chi connectivity index (χ0) is 10.7. The van der Waals surface area contributed by atoms with Crippen molar-refractivity contribution in [1.82, 2.24) is 4.98 Å². The molecule has 4 nitrogen and oxygen atoms in total. The molecule has 0 saturated carbocycles. The Hall–Kier alpha value is -1.42. The number of hydrogen-bond donors (Lipinski definition) is 0. The van der Waals surface area contributed by atoms with Gasteiger partial charge in [0.05, 0.1) is 11.7 Å². The second-order valence-corrected chi connectivity index (χ2v) is 3.63. The molecular weight excluding hydrogens is 192 g/mol. The van der Waals surface area contributed by atoms with E-state index in [0.29, 0.717) is 5.56 Å². The molecule has 1 aromatic heterocycles. The minimum atomic E-state index is 0.256. The number of carbonyl (C=O) groups is 1. The highest BCUT2D eigenvalue weighted by molar-refractivity contribution is 5.82. The van der Waals surface area contributed by atoms with Crippen molar-refractivity contribution in [2.75, 3.05) is 25.1 Å². The third-order valence-corrected chi connectivity index (χ3v) is 2.72. The standard InChI is InChI=1S/C11H14N2O2/c1-15-10-4-6-13(7-10)11-9(8-14)3-2-5-12-11/h2-3,5,8,10H,4,6-7H2,1H3. The van der Waals surface area contributed by atoms with Gasteiger partial charge in [0, 0.05) is 26.4 Å². The van der Waals surface area contributed by atoms with Crippen LogP contribution < -0.4 is 4.90 Å².